The second-order valence-electron chi connectivity index (χ2n) is 5.48. The molecule has 0 spiro atoms. The predicted octanol–water partition coefficient (Wildman–Crippen LogP) is 2.82. The van der Waals surface area contributed by atoms with E-state index in [0.29, 0.717) is 48.5 Å². The Kier molecular flexibility index (Phi) is 5.79. The fraction of sp³-hybridized carbons (Fsp3) is 0.400. The quantitative estimate of drug-likeness (QED) is 0.388. The number of thiocarbonyl (C=S) groups is 1. The molecule has 1 aliphatic heterocycles. The van der Waals surface area contributed by atoms with Gasteiger partial charge in [-0.1, -0.05) is 23.8 Å². The zero-order valence-corrected chi connectivity index (χ0v) is 14.5. The number of benzene rings is 1. The molecule has 0 atom stereocenters. The van der Waals surface area contributed by atoms with Gasteiger partial charge >= 0.3 is 0 Å². The van der Waals surface area contributed by atoms with E-state index in [1.54, 1.807) is 12.1 Å². The number of nitrogens with zero attached hydrogens (tertiary/aromatic N) is 3. The third-order valence-electron chi connectivity index (χ3n) is 3.58. The fourth-order valence-electron chi connectivity index (χ4n) is 2.40. The highest BCUT2D eigenvalue weighted by Crippen LogP contribution is 2.31. The van der Waals surface area contributed by atoms with Gasteiger partial charge in [0.1, 0.15) is 5.69 Å². The van der Waals surface area contributed by atoms with Crippen LogP contribution in [0.15, 0.2) is 30.4 Å². The summed E-state index contributed by atoms with van der Waals surface area (Å²) in [4.78, 5) is 14.9. The van der Waals surface area contributed by atoms with Gasteiger partial charge in [-0.15, -0.1) is 0 Å². The average molecular weight is 355 g/mol. The van der Waals surface area contributed by atoms with Gasteiger partial charge in [-0.05, 0) is 31.3 Å². The minimum Gasteiger partial charge on any atom is -0.362 e. The Morgan fingerprint density at radius 1 is 1.43 bits per heavy atom. The summed E-state index contributed by atoms with van der Waals surface area (Å²) >= 11 is 11.2. The van der Waals surface area contributed by atoms with Crippen molar-refractivity contribution in [2.45, 2.75) is 6.92 Å². The molecule has 1 heterocycles. The summed E-state index contributed by atoms with van der Waals surface area (Å²) in [6.45, 7) is 9.17. The smallest absolute Gasteiger partial charge is 0.294 e. The first-order valence-corrected chi connectivity index (χ1v) is 8.03. The Labute approximate surface area is 145 Å². The standard InChI is InChI=1S/C15H19ClN4O2S/c1-11(2)10-17-15(23)19-7-5-18(6-8-19)13-4-3-12(16)9-14(13)20(21)22/h3-4,9H,1,5-8,10H2,2H3,(H,17,23). The Morgan fingerprint density at radius 3 is 2.65 bits per heavy atom. The lowest BCUT2D eigenvalue weighted by Crippen LogP contribution is -2.52. The van der Waals surface area contributed by atoms with Gasteiger partial charge in [0.2, 0.25) is 0 Å². The predicted molar refractivity (Wildman–Crippen MR) is 97.3 cm³/mol. The molecule has 0 aliphatic carbocycles. The van der Waals surface area contributed by atoms with Gasteiger partial charge in [0.15, 0.2) is 5.11 Å². The number of nitro groups is 1. The molecular formula is C15H19ClN4O2S. The summed E-state index contributed by atoms with van der Waals surface area (Å²) in [6, 6.07) is 4.77. The van der Waals surface area contributed by atoms with E-state index in [2.05, 4.69) is 16.8 Å². The van der Waals surface area contributed by atoms with Crippen molar-refractivity contribution in [1.29, 1.82) is 0 Å². The zero-order valence-electron chi connectivity index (χ0n) is 12.9. The summed E-state index contributed by atoms with van der Waals surface area (Å²) in [5.74, 6) is 0. The van der Waals surface area contributed by atoms with E-state index in [4.69, 9.17) is 23.8 Å². The van der Waals surface area contributed by atoms with Crippen LogP contribution in [0.5, 0.6) is 0 Å². The van der Waals surface area contributed by atoms with Gasteiger partial charge in [0.25, 0.3) is 5.69 Å². The summed E-state index contributed by atoms with van der Waals surface area (Å²) in [5, 5.41) is 15.4. The average Bonchev–Trinajstić information content (AvgIpc) is 2.52. The lowest BCUT2D eigenvalue weighted by Gasteiger charge is -2.37. The Hall–Kier alpha value is -1.86. The van der Waals surface area contributed by atoms with Crippen LogP contribution in [-0.2, 0) is 0 Å². The molecule has 2 rings (SSSR count). The topological polar surface area (TPSA) is 61.6 Å². The van der Waals surface area contributed by atoms with Crippen LogP contribution >= 0.6 is 23.8 Å². The van der Waals surface area contributed by atoms with Gasteiger partial charge < -0.3 is 15.1 Å². The van der Waals surface area contributed by atoms with Crippen molar-refractivity contribution in [3.8, 4) is 0 Å². The molecule has 1 N–H and O–H groups in total. The molecule has 1 saturated heterocycles. The fourth-order valence-corrected chi connectivity index (χ4v) is 2.82. The van der Waals surface area contributed by atoms with Crippen LogP contribution in [0.4, 0.5) is 11.4 Å². The Balaban J connectivity index is 2.01. The van der Waals surface area contributed by atoms with E-state index in [1.165, 1.54) is 6.07 Å². The molecule has 0 bridgehead atoms. The Morgan fingerprint density at radius 2 is 2.09 bits per heavy atom. The molecule has 6 nitrogen and oxygen atoms in total. The molecule has 1 aromatic rings. The van der Waals surface area contributed by atoms with Gasteiger partial charge in [-0.3, -0.25) is 10.1 Å². The summed E-state index contributed by atoms with van der Waals surface area (Å²) < 4.78 is 0. The van der Waals surface area contributed by atoms with Crippen LogP contribution in [0.25, 0.3) is 0 Å². The van der Waals surface area contributed by atoms with Crippen LogP contribution in [-0.4, -0.2) is 47.7 Å². The lowest BCUT2D eigenvalue weighted by atomic mass is 10.2. The first-order chi connectivity index (χ1) is 10.9. The van der Waals surface area contributed by atoms with Crippen LogP contribution < -0.4 is 10.2 Å². The van der Waals surface area contributed by atoms with Crippen molar-refractivity contribution < 1.29 is 4.92 Å². The van der Waals surface area contributed by atoms with E-state index in [1.807, 2.05) is 11.8 Å². The maximum atomic E-state index is 11.2. The van der Waals surface area contributed by atoms with Crippen molar-refractivity contribution in [1.82, 2.24) is 10.2 Å². The molecule has 0 aromatic heterocycles. The molecule has 1 aliphatic rings. The van der Waals surface area contributed by atoms with Crippen LogP contribution in [0.2, 0.25) is 5.02 Å². The van der Waals surface area contributed by atoms with E-state index >= 15 is 0 Å². The number of rotatable bonds is 4. The number of nitrogens with one attached hydrogen (secondary N) is 1. The maximum absolute atomic E-state index is 11.2. The number of nitro benzene ring substituents is 1. The van der Waals surface area contributed by atoms with Crippen molar-refractivity contribution in [2.75, 3.05) is 37.6 Å². The molecule has 1 fully saturated rings. The van der Waals surface area contributed by atoms with E-state index in [-0.39, 0.29) is 5.69 Å². The molecule has 8 heteroatoms. The number of halogens is 1. The third-order valence-corrected chi connectivity index (χ3v) is 4.22. The van der Waals surface area contributed by atoms with Crippen molar-refractivity contribution >= 4 is 40.3 Å². The molecular weight excluding hydrogens is 336 g/mol. The highest BCUT2D eigenvalue weighted by molar-refractivity contribution is 7.80. The molecule has 0 unspecified atom stereocenters. The first kappa shape index (κ1) is 17.5. The monoisotopic (exact) mass is 354 g/mol. The molecule has 0 radical (unpaired) electrons. The van der Waals surface area contributed by atoms with E-state index in [9.17, 15) is 10.1 Å². The van der Waals surface area contributed by atoms with Crippen LogP contribution in [0.3, 0.4) is 0 Å². The number of hydrogen-bond donors (Lipinski definition) is 1. The summed E-state index contributed by atoms with van der Waals surface area (Å²) in [6.07, 6.45) is 0. The van der Waals surface area contributed by atoms with Crippen LogP contribution in [0.1, 0.15) is 6.92 Å². The second kappa shape index (κ2) is 7.61. The van der Waals surface area contributed by atoms with Gasteiger partial charge in [0.05, 0.1) is 4.92 Å². The van der Waals surface area contributed by atoms with Gasteiger partial charge in [0, 0.05) is 43.8 Å². The van der Waals surface area contributed by atoms with Crippen molar-refractivity contribution in [3.05, 3.63) is 45.5 Å². The van der Waals surface area contributed by atoms with E-state index in [0.717, 1.165) is 5.57 Å². The summed E-state index contributed by atoms with van der Waals surface area (Å²) in [5.41, 5.74) is 1.65. The molecule has 1 aromatic carbocycles. The van der Waals surface area contributed by atoms with E-state index < -0.39 is 4.92 Å². The second-order valence-corrected chi connectivity index (χ2v) is 6.30. The molecule has 0 saturated carbocycles. The number of piperazine rings is 1. The molecule has 23 heavy (non-hydrogen) atoms. The normalized spacial score (nSPS) is 14.5. The maximum Gasteiger partial charge on any atom is 0.294 e. The minimum absolute atomic E-state index is 0.0360. The summed E-state index contributed by atoms with van der Waals surface area (Å²) in [7, 11) is 0. The molecule has 124 valence electrons. The van der Waals surface area contributed by atoms with Gasteiger partial charge in [-0.25, -0.2) is 0 Å². The van der Waals surface area contributed by atoms with Gasteiger partial charge in [-0.2, -0.15) is 0 Å². The minimum atomic E-state index is -0.396. The number of hydrogen-bond acceptors (Lipinski definition) is 4. The SMILES string of the molecule is C=C(C)CNC(=S)N1CCN(c2ccc(Cl)cc2[N+](=O)[O-])CC1. The zero-order chi connectivity index (χ0) is 17.0. The lowest BCUT2D eigenvalue weighted by molar-refractivity contribution is -0.384. The highest BCUT2D eigenvalue weighted by Gasteiger charge is 2.24. The Bertz CT molecular complexity index is 630. The largest absolute Gasteiger partial charge is 0.362 e. The number of anilines is 1. The first-order valence-electron chi connectivity index (χ1n) is 7.24. The highest BCUT2D eigenvalue weighted by atomic mass is 35.5. The van der Waals surface area contributed by atoms with Crippen molar-refractivity contribution in [2.24, 2.45) is 0 Å². The molecule has 0 amide bonds. The van der Waals surface area contributed by atoms with Crippen LogP contribution in [0, 0.1) is 10.1 Å². The van der Waals surface area contributed by atoms with Crippen molar-refractivity contribution in [3.63, 3.8) is 0 Å². The third kappa shape index (κ3) is 4.56.